The Balaban J connectivity index is 1.68. The van der Waals surface area contributed by atoms with E-state index in [2.05, 4.69) is 10.3 Å². The molecule has 3 rings (SSSR count). The minimum Gasteiger partial charge on any atom is -0.451 e. The number of furan rings is 1. The second kappa shape index (κ2) is 6.98. The van der Waals surface area contributed by atoms with Gasteiger partial charge in [0, 0.05) is 29.1 Å². The third-order valence-electron chi connectivity index (χ3n) is 3.34. The fourth-order valence-electron chi connectivity index (χ4n) is 2.26. The van der Waals surface area contributed by atoms with Gasteiger partial charge in [-0.15, -0.1) is 11.3 Å². The Labute approximate surface area is 143 Å². The molecule has 2 heterocycles. The van der Waals surface area contributed by atoms with E-state index in [1.807, 2.05) is 31.3 Å². The molecule has 0 unspecified atom stereocenters. The summed E-state index contributed by atoms with van der Waals surface area (Å²) < 4.78 is 5.64. The zero-order chi connectivity index (χ0) is 16.2. The molecule has 1 N–H and O–H groups in total. The van der Waals surface area contributed by atoms with Crippen molar-refractivity contribution in [3.8, 4) is 11.3 Å². The molecule has 118 valence electrons. The molecular weight excluding hydrogens is 332 g/mol. The highest BCUT2D eigenvalue weighted by Crippen LogP contribution is 2.29. The summed E-state index contributed by atoms with van der Waals surface area (Å²) in [4.78, 5) is 17.4. The maximum Gasteiger partial charge on any atom is 0.287 e. The van der Waals surface area contributed by atoms with Crippen molar-refractivity contribution in [2.45, 2.75) is 19.4 Å². The van der Waals surface area contributed by atoms with E-state index in [4.69, 9.17) is 16.0 Å². The highest BCUT2D eigenvalue weighted by molar-refractivity contribution is 7.09. The van der Waals surface area contributed by atoms with E-state index in [0.29, 0.717) is 10.8 Å². The van der Waals surface area contributed by atoms with E-state index in [-0.39, 0.29) is 17.7 Å². The highest BCUT2D eigenvalue weighted by atomic mass is 35.5. The van der Waals surface area contributed by atoms with Crippen LogP contribution in [0.15, 0.2) is 52.5 Å². The van der Waals surface area contributed by atoms with Crippen LogP contribution < -0.4 is 5.32 Å². The lowest BCUT2D eigenvalue weighted by Gasteiger charge is -2.11. The maximum atomic E-state index is 12.3. The molecule has 0 spiro atoms. The van der Waals surface area contributed by atoms with Crippen molar-refractivity contribution in [3.63, 3.8) is 0 Å². The van der Waals surface area contributed by atoms with Gasteiger partial charge in [0.1, 0.15) is 5.76 Å². The lowest BCUT2D eigenvalue weighted by molar-refractivity contribution is 0.0913. The molecule has 0 radical (unpaired) electrons. The molecule has 3 aromatic rings. The molecule has 0 aliphatic heterocycles. The SMILES string of the molecule is C[C@H](Cc1cncs1)NC(=O)c1ccc(-c2ccccc2Cl)o1. The average molecular weight is 347 g/mol. The lowest BCUT2D eigenvalue weighted by atomic mass is 10.2. The monoisotopic (exact) mass is 346 g/mol. The molecule has 1 atom stereocenters. The molecule has 0 saturated carbocycles. The van der Waals surface area contributed by atoms with Gasteiger partial charge in [-0.05, 0) is 31.2 Å². The predicted molar refractivity (Wildman–Crippen MR) is 91.9 cm³/mol. The average Bonchev–Trinajstić information content (AvgIpc) is 3.19. The Morgan fingerprint density at radius 2 is 2.17 bits per heavy atom. The van der Waals surface area contributed by atoms with Gasteiger partial charge in [0.15, 0.2) is 5.76 Å². The Bertz CT molecular complexity index is 799. The van der Waals surface area contributed by atoms with Crippen LogP contribution in [0.2, 0.25) is 5.02 Å². The van der Waals surface area contributed by atoms with Crippen molar-refractivity contribution < 1.29 is 9.21 Å². The normalized spacial score (nSPS) is 12.1. The van der Waals surface area contributed by atoms with Crippen LogP contribution in [-0.4, -0.2) is 16.9 Å². The minimum atomic E-state index is -0.236. The number of carbonyl (C=O) groups excluding carboxylic acids is 1. The van der Waals surface area contributed by atoms with Crippen LogP contribution in [0.1, 0.15) is 22.4 Å². The predicted octanol–water partition coefficient (Wildman–Crippen LogP) is 4.42. The van der Waals surface area contributed by atoms with Crippen LogP contribution >= 0.6 is 22.9 Å². The molecule has 23 heavy (non-hydrogen) atoms. The number of nitrogens with zero attached hydrogens (tertiary/aromatic N) is 1. The first kappa shape index (κ1) is 15.8. The summed E-state index contributed by atoms with van der Waals surface area (Å²) in [6.07, 6.45) is 2.56. The fraction of sp³-hybridized carbons (Fsp3) is 0.176. The molecule has 0 fully saturated rings. The highest BCUT2D eigenvalue weighted by Gasteiger charge is 2.16. The topological polar surface area (TPSA) is 55.1 Å². The van der Waals surface area contributed by atoms with Gasteiger partial charge in [0.25, 0.3) is 5.91 Å². The van der Waals surface area contributed by atoms with Gasteiger partial charge in [-0.1, -0.05) is 23.7 Å². The molecule has 6 heteroatoms. The number of nitrogens with one attached hydrogen (secondary N) is 1. The number of thiazole rings is 1. The first-order valence-electron chi connectivity index (χ1n) is 7.16. The summed E-state index contributed by atoms with van der Waals surface area (Å²) in [5, 5.41) is 3.52. The van der Waals surface area contributed by atoms with Gasteiger partial charge >= 0.3 is 0 Å². The van der Waals surface area contributed by atoms with E-state index in [1.54, 1.807) is 35.0 Å². The molecular formula is C17H15ClN2O2S. The van der Waals surface area contributed by atoms with Crippen LogP contribution in [0.3, 0.4) is 0 Å². The quantitative estimate of drug-likeness (QED) is 0.744. The van der Waals surface area contributed by atoms with Crippen molar-refractivity contribution >= 4 is 28.8 Å². The van der Waals surface area contributed by atoms with E-state index in [9.17, 15) is 4.79 Å². The standard InChI is InChI=1S/C17H15ClN2O2S/c1-11(8-12-9-19-10-23-12)20-17(21)16-7-6-15(22-16)13-4-2-3-5-14(13)18/h2-7,9-11H,8H2,1H3,(H,20,21)/t11-/m1/s1. The number of hydrogen-bond donors (Lipinski definition) is 1. The molecule has 0 aliphatic rings. The molecule has 0 saturated heterocycles. The number of aromatic nitrogens is 1. The summed E-state index contributed by atoms with van der Waals surface area (Å²) in [5.41, 5.74) is 2.55. The summed E-state index contributed by atoms with van der Waals surface area (Å²) in [5.74, 6) is 0.618. The minimum absolute atomic E-state index is 0.00295. The number of hydrogen-bond acceptors (Lipinski definition) is 4. The van der Waals surface area contributed by atoms with Gasteiger partial charge in [0.05, 0.1) is 10.5 Å². The molecule has 0 bridgehead atoms. The fourth-order valence-corrected chi connectivity index (χ4v) is 3.21. The number of carbonyl (C=O) groups is 1. The third kappa shape index (κ3) is 3.81. The number of benzene rings is 1. The second-order valence-electron chi connectivity index (χ2n) is 5.19. The summed E-state index contributed by atoms with van der Waals surface area (Å²) in [6, 6.07) is 10.8. The van der Waals surface area contributed by atoms with Crippen LogP contribution in [0, 0.1) is 0 Å². The molecule has 1 amide bonds. The van der Waals surface area contributed by atoms with Crippen LogP contribution in [-0.2, 0) is 6.42 Å². The zero-order valence-electron chi connectivity index (χ0n) is 12.5. The van der Waals surface area contributed by atoms with Crippen molar-refractivity contribution in [2.24, 2.45) is 0 Å². The number of amides is 1. The van der Waals surface area contributed by atoms with Crippen LogP contribution in [0.4, 0.5) is 0 Å². The Hall–Kier alpha value is -2.11. The van der Waals surface area contributed by atoms with Crippen molar-refractivity contribution in [3.05, 3.63) is 63.8 Å². The first-order valence-corrected chi connectivity index (χ1v) is 8.42. The molecule has 2 aromatic heterocycles. The Morgan fingerprint density at radius 1 is 1.35 bits per heavy atom. The van der Waals surface area contributed by atoms with E-state index >= 15 is 0 Å². The number of rotatable bonds is 5. The van der Waals surface area contributed by atoms with Gasteiger partial charge < -0.3 is 9.73 Å². The Kier molecular flexibility index (Phi) is 4.79. The third-order valence-corrected chi connectivity index (χ3v) is 4.47. The van der Waals surface area contributed by atoms with Crippen molar-refractivity contribution in [1.82, 2.24) is 10.3 Å². The second-order valence-corrected chi connectivity index (χ2v) is 6.57. The molecule has 0 aliphatic carbocycles. The van der Waals surface area contributed by atoms with Gasteiger partial charge in [0.2, 0.25) is 0 Å². The zero-order valence-corrected chi connectivity index (χ0v) is 14.0. The van der Waals surface area contributed by atoms with E-state index in [1.165, 1.54) is 0 Å². The largest absolute Gasteiger partial charge is 0.451 e. The van der Waals surface area contributed by atoms with Gasteiger partial charge in [-0.25, -0.2) is 0 Å². The van der Waals surface area contributed by atoms with Crippen molar-refractivity contribution in [1.29, 1.82) is 0 Å². The summed E-state index contributed by atoms with van der Waals surface area (Å²) in [6.45, 7) is 1.95. The smallest absolute Gasteiger partial charge is 0.287 e. The van der Waals surface area contributed by atoms with E-state index in [0.717, 1.165) is 16.9 Å². The van der Waals surface area contributed by atoms with Gasteiger partial charge in [-0.3, -0.25) is 9.78 Å². The van der Waals surface area contributed by atoms with Crippen LogP contribution in [0.5, 0.6) is 0 Å². The summed E-state index contributed by atoms with van der Waals surface area (Å²) in [7, 11) is 0. The van der Waals surface area contributed by atoms with Crippen molar-refractivity contribution in [2.75, 3.05) is 0 Å². The molecule has 1 aromatic carbocycles. The van der Waals surface area contributed by atoms with E-state index < -0.39 is 0 Å². The molecule has 4 nitrogen and oxygen atoms in total. The maximum absolute atomic E-state index is 12.3. The summed E-state index contributed by atoms with van der Waals surface area (Å²) >= 11 is 7.72. The number of halogens is 1. The Morgan fingerprint density at radius 3 is 2.91 bits per heavy atom. The van der Waals surface area contributed by atoms with Crippen LogP contribution in [0.25, 0.3) is 11.3 Å². The van der Waals surface area contributed by atoms with Gasteiger partial charge in [-0.2, -0.15) is 0 Å². The lowest BCUT2D eigenvalue weighted by Crippen LogP contribution is -2.33. The first-order chi connectivity index (χ1) is 11.1.